The second-order valence-corrected chi connectivity index (χ2v) is 12.8. The molecule has 1 N–H and O–H groups in total. The number of anilines is 1. The summed E-state index contributed by atoms with van der Waals surface area (Å²) in [7, 11) is -1.11. The van der Waals surface area contributed by atoms with Gasteiger partial charge in [0.25, 0.3) is 10.0 Å². The third kappa shape index (κ3) is 8.66. The van der Waals surface area contributed by atoms with Crippen molar-refractivity contribution in [3.63, 3.8) is 0 Å². The molecule has 46 heavy (non-hydrogen) atoms. The molecule has 0 fully saturated rings. The van der Waals surface area contributed by atoms with Crippen molar-refractivity contribution < 1.29 is 27.5 Å². The molecule has 4 aromatic carbocycles. The first kappa shape index (κ1) is 34.1. The number of nitrogens with one attached hydrogen (secondary N) is 1. The number of nitrogens with zero attached hydrogens (tertiary/aromatic N) is 2. The van der Waals surface area contributed by atoms with E-state index in [1.807, 2.05) is 56.3 Å². The number of benzene rings is 4. The second-order valence-electron chi connectivity index (χ2n) is 10.9. The fourth-order valence-electron chi connectivity index (χ4n) is 4.96. The Morgan fingerprint density at radius 1 is 0.783 bits per heavy atom. The average molecular weight is 644 g/mol. The highest BCUT2D eigenvalue weighted by atomic mass is 32.2. The Labute approximate surface area is 271 Å². The Morgan fingerprint density at radius 2 is 1.39 bits per heavy atom. The number of carbonyl (C=O) groups excluding carboxylic acids is 2. The van der Waals surface area contributed by atoms with Gasteiger partial charge in [-0.1, -0.05) is 67.6 Å². The largest absolute Gasteiger partial charge is 0.497 e. The van der Waals surface area contributed by atoms with Crippen LogP contribution in [0.5, 0.6) is 11.5 Å². The Hall–Kier alpha value is -4.83. The first-order valence-electron chi connectivity index (χ1n) is 15.1. The summed E-state index contributed by atoms with van der Waals surface area (Å²) in [5, 5.41) is 3.04. The zero-order chi connectivity index (χ0) is 33.1. The van der Waals surface area contributed by atoms with Crippen LogP contribution in [0, 0.1) is 0 Å². The maximum Gasteiger partial charge on any atom is 0.264 e. The predicted molar refractivity (Wildman–Crippen MR) is 179 cm³/mol. The van der Waals surface area contributed by atoms with E-state index in [0.717, 1.165) is 15.4 Å². The fourth-order valence-corrected chi connectivity index (χ4v) is 6.39. The predicted octanol–water partition coefficient (Wildman–Crippen LogP) is 5.45. The average Bonchev–Trinajstić information content (AvgIpc) is 3.09. The smallest absolute Gasteiger partial charge is 0.264 e. The monoisotopic (exact) mass is 643 g/mol. The number of sulfonamides is 1. The minimum atomic E-state index is -4.19. The van der Waals surface area contributed by atoms with E-state index < -0.39 is 28.5 Å². The van der Waals surface area contributed by atoms with Gasteiger partial charge in [-0.3, -0.25) is 13.9 Å². The number of carbonyl (C=O) groups is 2. The van der Waals surface area contributed by atoms with E-state index >= 15 is 0 Å². The van der Waals surface area contributed by atoms with Crippen LogP contribution in [0.15, 0.2) is 114 Å². The van der Waals surface area contributed by atoms with Crippen molar-refractivity contribution >= 4 is 27.5 Å². The first-order valence-corrected chi connectivity index (χ1v) is 16.6. The highest BCUT2D eigenvalue weighted by Gasteiger charge is 2.35. The molecule has 0 aliphatic rings. The number of hydrogen-bond donors (Lipinski definition) is 1. The van der Waals surface area contributed by atoms with Gasteiger partial charge in [0.15, 0.2) is 0 Å². The molecule has 0 radical (unpaired) electrons. The van der Waals surface area contributed by atoms with Crippen molar-refractivity contribution in [2.24, 2.45) is 0 Å². The Morgan fingerprint density at radius 3 is 2.00 bits per heavy atom. The molecule has 0 bridgehead atoms. The van der Waals surface area contributed by atoms with Gasteiger partial charge in [0.2, 0.25) is 11.8 Å². The van der Waals surface area contributed by atoms with Crippen molar-refractivity contribution in [1.29, 1.82) is 0 Å². The Balaban J connectivity index is 1.81. The molecule has 0 aliphatic carbocycles. The summed E-state index contributed by atoms with van der Waals surface area (Å²) >= 11 is 0. The van der Waals surface area contributed by atoms with E-state index in [-0.39, 0.29) is 35.5 Å². The van der Waals surface area contributed by atoms with Crippen LogP contribution >= 0.6 is 0 Å². The van der Waals surface area contributed by atoms with Gasteiger partial charge < -0.3 is 19.7 Å². The van der Waals surface area contributed by atoms with Crippen LogP contribution in [0.2, 0.25) is 0 Å². The lowest BCUT2D eigenvalue weighted by molar-refractivity contribution is -0.140. The quantitative estimate of drug-likeness (QED) is 0.185. The van der Waals surface area contributed by atoms with Crippen molar-refractivity contribution in [1.82, 2.24) is 10.2 Å². The summed E-state index contributed by atoms with van der Waals surface area (Å²) in [4.78, 5) is 30.0. The standard InChI is InChI=1S/C36H41N3O6S/c1-5-27(2)37-36(41)34(24-28-13-8-6-9-14-28)38(25-29-15-12-16-32(23-29)45-4)35(40)26-39(30-19-21-31(44-3)22-20-30)46(42,43)33-17-10-7-11-18-33/h6-23,27,34H,5,24-26H2,1-4H3,(H,37,41)/t27-,34-/m1/s1. The number of ether oxygens (including phenoxy) is 2. The van der Waals surface area contributed by atoms with Gasteiger partial charge >= 0.3 is 0 Å². The zero-order valence-corrected chi connectivity index (χ0v) is 27.4. The van der Waals surface area contributed by atoms with Crippen LogP contribution in [0.4, 0.5) is 5.69 Å². The number of rotatable bonds is 15. The Bertz CT molecular complexity index is 1680. The van der Waals surface area contributed by atoms with E-state index in [1.54, 1.807) is 61.7 Å². The van der Waals surface area contributed by atoms with Crippen LogP contribution in [-0.4, -0.2) is 58.0 Å². The normalized spacial score (nSPS) is 12.4. The van der Waals surface area contributed by atoms with E-state index in [2.05, 4.69) is 5.32 Å². The molecule has 242 valence electrons. The van der Waals surface area contributed by atoms with Crippen LogP contribution in [0.1, 0.15) is 31.4 Å². The lowest BCUT2D eigenvalue weighted by Gasteiger charge is -2.34. The zero-order valence-electron chi connectivity index (χ0n) is 26.6. The minimum Gasteiger partial charge on any atom is -0.497 e. The van der Waals surface area contributed by atoms with Crippen LogP contribution in [0.3, 0.4) is 0 Å². The van der Waals surface area contributed by atoms with E-state index in [1.165, 1.54) is 24.1 Å². The maximum atomic E-state index is 14.6. The summed E-state index contributed by atoms with van der Waals surface area (Å²) in [5.41, 5.74) is 1.87. The van der Waals surface area contributed by atoms with Gasteiger partial charge in [-0.15, -0.1) is 0 Å². The van der Waals surface area contributed by atoms with Crippen molar-refractivity contribution in [2.45, 2.75) is 50.2 Å². The molecule has 0 unspecified atom stereocenters. The molecule has 0 aliphatic heterocycles. The fraction of sp³-hybridized carbons (Fsp3) is 0.278. The highest BCUT2D eigenvalue weighted by Crippen LogP contribution is 2.27. The molecule has 4 rings (SSSR count). The molecule has 9 nitrogen and oxygen atoms in total. The SMILES string of the molecule is CC[C@@H](C)NC(=O)[C@@H](Cc1ccccc1)N(Cc1cccc(OC)c1)C(=O)CN(c1ccc(OC)cc1)S(=O)(=O)c1ccccc1. The van der Waals surface area contributed by atoms with E-state index in [9.17, 15) is 18.0 Å². The third-order valence-corrected chi connectivity index (χ3v) is 9.52. The number of hydrogen-bond acceptors (Lipinski definition) is 6. The number of methoxy groups -OCH3 is 2. The number of amides is 2. The summed E-state index contributed by atoms with van der Waals surface area (Å²) in [6.45, 7) is 3.37. The molecule has 2 atom stereocenters. The lowest BCUT2D eigenvalue weighted by atomic mass is 10.0. The van der Waals surface area contributed by atoms with Gasteiger partial charge in [0.1, 0.15) is 24.1 Å². The van der Waals surface area contributed by atoms with Crippen molar-refractivity contribution in [2.75, 3.05) is 25.1 Å². The topological polar surface area (TPSA) is 105 Å². The molecule has 4 aromatic rings. The van der Waals surface area contributed by atoms with E-state index in [0.29, 0.717) is 17.9 Å². The maximum absolute atomic E-state index is 14.6. The lowest BCUT2D eigenvalue weighted by Crippen LogP contribution is -2.54. The van der Waals surface area contributed by atoms with Gasteiger partial charge in [0, 0.05) is 19.0 Å². The van der Waals surface area contributed by atoms with Gasteiger partial charge in [-0.05, 0) is 73.0 Å². The molecular weight excluding hydrogens is 602 g/mol. The van der Waals surface area contributed by atoms with E-state index in [4.69, 9.17) is 9.47 Å². The minimum absolute atomic E-state index is 0.0355. The van der Waals surface area contributed by atoms with Crippen molar-refractivity contribution in [3.8, 4) is 11.5 Å². The third-order valence-electron chi connectivity index (χ3n) is 7.73. The van der Waals surface area contributed by atoms with Gasteiger partial charge in [0.05, 0.1) is 24.8 Å². The molecule has 0 aromatic heterocycles. The summed E-state index contributed by atoms with van der Waals surface area (Å²) in [6, 6.07) is 30.1. The van der Waals surface area contributed by atoms with Crippen LogP contribution in [0.25, 0.3) is 0 Å². The molecule has 2 amide bonds. The summed E-state index contributed by atoms with van der Waals surface area (Å²) < 4.78 is 40.0. The second kappa shape index (κ2) is 15.9. The summed E-state index contributed by atoms with van der Waals surface area (Å²) in [5.74, 6) is 0.270. The summed E-state index contributed by atoms with van der Waals surface area (Å²) in [6.07, 6.45) is 0.932. The molecule has 0 saturated heterocycles. The highest BCUT2D eigenvalue weighted by molar-refractivity contribution is 7.92. The van der Waals surface area contributed by atoms with Gasteiger partial charge in [-0.25, -0.2) is 8.42 Å². The molecule has 0 heterocycles. The van der Waals surface area contributed by atoms with Crippen molar-refractivity contribution in [3.05, 3.63) is 120 Å². The Kier molecular flexibility index (Phi) is 11.8. The molecule has 0 spiro atoms. The molecule has 10 heteroatoms. The van der Waals surface area contributed by atoms with Crippen LogP contribution in [-0.2, 0) is 32.6 Å². The molecule has 0 saturated carbocycles. The molecular formula is C36H41N3O6S. The van der Waals surface area contributed by atoms with Crippen LogP contribution < -0.4 is 19.1 Å². The first-order chi connectivity index (χ1) is 22.2. The van der Waals surface area contributed by atoms with Gasteiger partial charge in [-0.2, -0.15) is 0 Å².